The van der Waals surface area contributed by atoms with Gasteiger partial charge in [0.2, 0.25) is 5.91 Å². The molecule has 4 unspecified atom stereocenters. The lowest BCUT2D eigenvalue weighted by atomic mass is 9.83. The summed E-state index contributed by atoms with van der Waals surface area (Å²) in [5, 5.41) is 0. The zero-order valence-electron chi connectivity index (χ0n) is 13.6. The van der Waals surface area contributed by atoms with Crippen LogP contribution < -0.4 is 5.73 Å². The highest BCUT2D eigenvalue weighted by Gasteiger charge is 2.50. The van der Waals surface area contributed by atoms with E-state index in [-0.39, 0.29) is 12.0 Å². The molecule has 2 N–H and O–H groups in total. The molecule has 0 spiro atoms. The van der Waals surface area contributed by atoms with Crippen LogP contribution in [0.1, 0.15) is 59.8 Å². The Balaban J connectivity index is 2.13. The molecule has 0 aromatic heterocycles. The van der Waals surface area contributed by atoms with Gasteiger partial charge >= 0.3 is 0 Å². The van der Waals surface area contributed by atoms with Crippen molar-refractivity contribution in [2.24, 2.45) is 29.4 Å². The van der Waals surface area contributed by atoms with E-state index in [1.165, 1.54) is 19.3 Å². The summed E-state index contributed by atoms with van der Waals surface area (Å²) >= 11 is 0. The zero-order chi connectivity index (χ0) is 14.9. The van der Waals surface area contributed by atoms with Crippen molar-refractivity contribution >= 4 is 5.91 Å². The molecule has 2 fully saturated rings. The maximum atomic E-state index is 13.1. The van der Waals surface area contributed by atoms with Gasteiger partial charge in [-0.25, -0.2) is 0 Å². The highest BCUT2D eigenvalue weighted by molar-refractivity contribution is 5.81. The quantitative estimate of drug-likeness (QED) is 0.813. The predicted molar refractivity (Wildman–Crippen MR) is 83.2 cm³/mol. The minimum atomic E-state index is 0.105. The molecular formula is C17H32N2O. The van der Waals surface area contributed by atoms with E-state index in [0.29, 0.717) is 29.7 Å². The maximum absolute atomic E-state index is 13.1. The van der Waals surface area contributed by atoms with E-state index in [0.717, 1.165) is 19.4 Å². The first-order valence-electron chi connectivity index (χ1n) is 8.55. The summed E-state index contributed by atoms with van der Waals surface area (Å²) in [6.45, 7) is 9.66. The van der Waals surface area contributed by atoms with Crippen molar-refractivity contribution in [3.63, 3.8) is 0 Å². The first-order valence-corrected chi connectivity index (χ1v) is 8.55. The monoisotopic (exact) mass is 280 g/mol. The lowest BCUT2D eigenvalue weighted by Gasteiger charge is -2.38. The van der Waals surface area contributed by atoms with Gasteiger partial charge < -0.3 is 10.6 Å². The third kappa shape index (κ3) is 2.88. The van der Waals surface area contributed by atoms with Crippen LogP contribution in [0.5, 0.6) is 0 Å². The second-order valence-corrected chi connectivity index (χ2v) is 7.29. The van der Waals surface area contributed by atoms with Gasteiger partial charge in [-0.15, -0.1) is 0 Å². The van der Waals surface area contributed by atoms with Crippen LogP contribution in [0.2, 0.25) is 0 Å². The average Bonchev–Trinajstić information content (AvgIpc) is 2.98. The van der Waals surface area contributed by atoms with Crippen molar-refractivity contribution in [1.82, 2.24) is 4.90 Å². The van der Waals surface area contributed by atoms with Crippen molar-refractivity contribution in [2.75, 3.05) is 6.54 Å². The summed E-state index contributed by atoms with van der Waals surface area (Å²) in [7, 11) is 0. The SMILES string of the molecule is CCC(CC)N(CC(C)C)C(=O)C1C2CCC(C2)C1N. The number of hydrogen-bond acceptors (Lipinski definition) is 2. The number of rotatable bonds is 6. The second kappa shape index (κ2) is 6.46. The Bertz CT molecular complexity index is 336. The fourth-order valence-corrected chi connectivity index (χ4v) is 4.44. The topological polar surface area (TPSA) is 46.3 Å². The van der Waals surface area contributed by atoms with E-state index < -0.39 is 0 Å². The van der Waals surface area contributed by atoms with Gasteiger partial charge in [0.15, 0.2) is 0 Å². The van der Waals surface area contributed by atoms with Crippen molar-refractivity contribution in [3.05, 3.63) is 0 Å². The van der Waals surface area contributed by atoms with Crippen LogP contribution in [-0.4, -0.2) is 29.4 Å². The van der Waals surface area contributed by atoms with Crippen LogP contribution in [0.15, 0.2) is 0 Å². The van der Waals surface area contributed by atoms with Crippen LogP contribution in [0.3, 0.4) is 0 Å². The van der Waals surface area contributed by atoms with Gasteiger partial charge in [-0.2, -0.15) is 0 Å². The van der Waals surface area contributed by atoms with Crippen molar-refractivity contribution < 1.29 is 4.79 Å². The summed E-state index contributed by atoms with van der Waals surface area (Å²) < 4.78 is 0. The summed E-state index contributed by atoms with van der Waals surface area (Å²) in [5.41, 5.74) is 6.37. The number of fused-ring (bicyclic) bond motifs is 2. The number of nitrogens with two attached hydrogens (primary N) is 1. The van der Waals surface area contributed by atoms with Gasteiger partial charge in [0.25, 0.3) is 0 Å². The molecule has 3 nitrogen and oxygen atoms in total. The van der Waals surface area contributed by atoms with Crippen LogP contribution in [0.4, 0.5) is 0 Å². The first kappa shape index (κ1) is 15.8. The summed E-state index contributed by atoms with van der Waals surface area (Å²) in [6, 6.07) is 0.501. The Kier molecular flexibility index (Phi) is 5.11. The Morgan fingerprint density at radius 2 is 1.80 bits per heavy atom. The first-order chi connectivity index (χ1) is 9.49. The Morgan fingerprint density at radius 3 is 2.25 bits per heavy atom. The lowest BCUT2D eigenvalue weighted by molar-refractivity contribution is -0.141. The number of hydrogen-bond donors (Lipinski definition) is 1. The Labute approximate surface area is 124 Å². The largest absolute Gasteiger partial charge is 0.339 e. The standard InChI is InChI=1S/C17H32N2O/c1-5-14(6-2)19(10-11(3)4)17(20)15-12-7-8-13(9-12)16(15)18/h11-16H,5-10,18H2,1-4H3. The number of nitrogens with zero attached hydrogens (tertiary/aromatic N) is 1. The molecule has 2 bridgehead atoms. The third-order valence-corrected chi connectivity index (χ3v) is 5.49. The molecule has 0 aliphatic heterocycles. The molecule has 1 amide bonds. The smallest absolute Gasteiger partial charge is 0.227 e. The maximum Gasteiger partial charge on any atom is 0.227 e. The van der Waals surface area contributed by atoms with Crippen LogP contribution in [-0.2, 0) is 4.79 Å². The number of carbonyl (C=O) groups excluding carboxylic acids is 1. The van der Waals surface area contributed by atoms with E-state index in [1.807, 2.05) is 0 Å². The van der Waals surface area contributed by atoms with Crippen LogP contribution in [0, 0.1) is 23.7 Å². The lowest BCUT2D eigenvalue weighted by Crippen LogP contribution is -2.51. The number of carbonyl (C=O) groups is 1. The highest BCUT2D eigenvalue weighted by atomic mass is 16.2. The second-order valence-electron chi connectivity index (χ2n) is 7.29. The molecule has 3 heteroatoms. The number of amides is 1. The molecule has 0 aromatic carbocycles. The van der Waals surface area contributed by atoms with E-state index >= 15 is 0 Å². The molecule has 2 aliphatic carbocycles. The van der Waals surface area contributed by atoms with Gasteiger partial charge in [-0.05, 0) is 49.9 Å². The van der Waals surface area contributed by atoms with Gasteiger partial charge in [0, 0.05) is 18.6 Å². The zero-order valence-corrected chi connectivity index (χ0v) is 13.6. The van der Waals surface area contributed by atoms with Crippen LogP contribution in [0.25, 0.3) is 0 Å². The predicted octanol–water partition coefficient (Wildman–Crippen LogP) is 3.03. The fourth-order valence-electron chi connectivity index (χ4n) is 4.44. The van der Waals surface area contributed by atoms with Crippen molar-refractivity contribution in [1.29, 1.82) is 0 Å². The normalized spacial score (nSPS) is 32.4. The van der Waals surface area contributed by atoms with E-state index in [4.69, 9.17) is 5.73 Å². The molecule has 2 aliphatic rings. The highest BCUT2D eigenvalue weighted by Crippen LogP contribution is 2.48. The van der Waals surface area contributed by atoms with Gasteiger partial charge in [0.1, 0.15) is 0 Å². The Hall–Kier alpha value is -0.570. The van der Waals surface area contributed by atoms with Crippen molar-refractivity contribution in [2.45, 2.75) is 71.9 Å². The van der Waals surface area contributed by atoms with E-state index in [2.05, 4.69) is 32.6 Å². The molecule has 0 radical (unpaired) electrons. The molecule has 116 valence electrons. The molecule has 0 aromatic rings. The molecular weight excluding hydrogens is 248 g/mol. The Morgan fingerprint density at radius 1 is 1.20 bits per heavy atom. The van der Waals surface area contributed by atoms with Gasteiger partial charge in [-0.1, -0.05) is 27.7 Å². The average molecular weight is 280 g/mol. The summed E-state index contributed by atoms with van der Waals surface area (Å²) in [5.74, 6) is 2.15. The molecule has 20 heavy (non-hydrogen) atoms. The van der Waals surface area contributed by atoms with Crippen LogP contribution >= 0.6 is 0 Å². The fraction of sp³-hybridized carbons (Fsp3) is 0.941. The van der Waals surface area contributed by atoms with Crippen molar-refractivity contribution in [3.8, 4) is 0 Å². The summed E-state index contributed by atoms with van der Waals surface area (Å²) in [6.07, 6.45) is 5.74. The third-order valence-electron chi connectivity index (χ3n) is 5.49. The molecule has 2 saturated carbocycles. The van der Waals surface area contributed by atoms with E-state index in [9.17, 15) is 4.79 Å². The minimum Gasteiger partial charge on any atom is -0.339 e. The van der Waals surface area contributed by atoms with E-state index in [1.54, 1.807) is 0 Å². The van der Waals surface area contributed by atoms with Gasteiger partial charge in [0.05, 0.1) is 5.92 Å². The minimum absolute atomic E-state index is 0.105. The molecule has 0 saturated heterocycles. The molecule has 4 atom stereocenters. The molecule has 0 heterocycles. The summed E-state index contributed by atoms with van der Waals surface area (Å²) in [4.78, 5) is 15.2. The molecule has 2 rings (SSSR count). The van der Waals surface area contributed by atoms with Gasteiger partial charge in [-0.3, -0.25) is 4.79 Å².